The number of hydrazine groups is 1. The quantitative estimate of drug-likeness (QED) is 0.636. The van der Waals surface area contributed by atoms with Crippen LogP contribution in [0.5, 0.6) is 5.75 Å². The molecule has 0 unspecified atom stereocenters. The van der Waals surface area contributed by atoms with Crippen LogP contribution in [0.3, 0.4) is 0 Å². The lowest BCUT2D eigenvalue weighted by Crippen LogP contribution is -2.52. The Hall–Kier alpha value is -3.93. The molecule has 1 N–H and O–H groups in total. The van der Waals surface area contributed by atoms with Crippen LogP contribution in [0.15, 0.2) is 72.8 Å². The second-order valence-corrected chi connectivity index (χ2v) is 9.04. The van der Waals surface area contributed by atoms with Crippen LogP contribution >= 0.6 is 0 Å². The Morgan fingerprint density at radius 3 is 2.03 bits per heavy atom. The van der Waals surface area contributed by atoms with E-state index in [-0.39, 0.29) is 17.7 Å². The zero-order chi connectivity index (χ0) is 22.9. The number of carbonyl (C=O) groups is 3. The topological polar surface area (TPSA) is 75.7 Å². The summed E-state index contributed by atoms with van der Waals surface area (Å²) in [6.07, 6.45) is 0. The Bertz CT molecular complexity index is 1280. The second kappa shape index (κ2) is 6.78. The summed E-state index contributed by atoms with van der Waals surface area (Å²) in [6, 6.07) is 22.7. The van der Waals surface area contributed by atoms with E-state index in [1.807, 2.05) is 24.3 Å². The van der Waals surface area contributed by atoms with E-state index in [4.69, 9.17) is 4.74 Å². The van der Waals surface area contributed by atoms with Gasteiger partial charge in [0.1, 0.15) is 5.75 Å². The van der Waals surface area contributed by atoms with Gasteiger partial charge in [0.2, 0.25) is 0 Å². The molecular formula is C27H22N2O4. The molecule has 3 aliphatic carbocycles. The summed E-state index contributed by atoms with van der Waals surface area (Å²) in [5, 5.41) is 0.949. The number of rotatable bonds is 3. The maximum atomic E-state index is 13.7. The SMILES string of the molecule is COc1ccc(C(=O)NN2C(=O)[C@@H]3[C@@H](C2=O)C2c4ccccc4C3(C)c3ccccc32)cc1. The fourth-order valence-electron chi connectivity index (χ4n) is 6.17. The highest BCUT2D eigenvalue weighted by Gasteiger charge is 2.66. The molecule has 0 radical (unpaired) electrons. The number of benzene rings is 3. The van der Waals surface area contributed by atoms with E-state index in [9.17, 15) is 14.4 Å². The predicted molar refractivity (Wildman–Crippen MR) is 120 cm³/mol. The molecule has 164 valence electrons. The van der Waals surface area contributed by atoms with E-state index < -0.39 is 23.2 Å². The highest BCUT2D eigenvalue weighted by atomic mass is 16.5. The van der Waals surface area contributed by atoms with Gasteiger partial charge in [0.25, 0.3) is 17.7 Å². The van der Waals surface area contributed by atoms with Crippen LogP contribution in [0.2, 0.25) is 0 Å². The molecule has 1 fully saturated rings. The lowest BCUT2D eigenvalue weighted by molar-refractivity contribution is -0.143. The largest absolute Gasteiger partial charge is 0.497 e. The molecule has 3 amide bonds. The predicted octanol–water partition coefficient (Wildman–Crippen LogP) is 3.41. The van der Waals surface area contributed by atoms with Crippen molar-refractivity contribution in [2.75, 3.05) is 7.11 Å². The summed E-state index contributed by atoms with van der Waals surface area (Å²) >= 11 is 0. The van der Waals surface area contributed by atoms with Crippen molar-refractivity contribution in [3.63, 3.8) is 0 Å². The molecule has 7 rings (SSSR count). The first kappa shape index (κ1) is 19.7. The normalized spacial score (nSPS) is 26.5. The van der Waals surface area contributed by atoms with E-state index in [0.717, 1.165) is 27.3 Å². The van der Waals surface area contributed by atoms with E-state index in [0.29, 0.717) is 11.3 Å². The number of methoxy groups -OCH3 is 1. The van der Waals surface area contributed by atoms with Crippen LogP contribution in [0.25, 0.3) is 0 Å². The monoisotopic (exact) mass is 438 g/mol. The van der Waals surface area contributed by atoms with Crippen molar-refractivity contribution in [2.45, 2.75) is 18.3 Å². The maximum absolute atomic E-state index is 13.7. The molecule has 0 spiro atoms. The van der Waals surface area contributed by atoms with Crippen molar-refractivity contribution < 1.29 is 19.1 Å². The van der Waals surface area contributed by atoms with E-state index in [1.165, 1.54) is 0 Å². The molecule has 1 aliphatic heterocycles. The number of amides is 3. The number of hydrogen-bond acceptors (Lipinski definition) is 4. The van der Waals surface area contributed by atoms with Crippen molar-refractivity contribution in [2.24, 2.45) is 11.8 Å². The van der Waals surface area contributed by atoms with Crippen molar-refractivity contribution in [1.29, 1.82) is 0 Å². The van der Waals surface area contributed by atoms with Gasteiger partial charge >= 0.3 is 0 Å². The molecule has 3 aromatic carbocycles. The number of ether oxygens (including phenoxy) is 1. The van der Waals surface area contributed by atoms with Gasteiger partial charge in [-0.2, -0.15) is 5.01 Å². The van der Waals surface area contributed by atoms with Gasteiger partial charge in [-0.25, -0.2) is 0 Å². The zero-order valence-corrected chi connectivity index (χ0v) is 18.2. The third kappa shape index (κ3) is 2.46. The Balaban J connectivity index is 1.42. The molecule has 6 nitrogen and oxygen atoms in total. The molecular weight excluding hydrogens is 416 g/mol. The van der Waals surface area contributed by atoms with Crippen molar-refractivity contribution in [3.8, 4) is 5.75 Å². The Labute approximate surface area is 191 Å². The molecule has 6 heteroatoms. The van der Waals surface area contributed by atoms with Crippen LogP contribution in [0.4, 0.5) is 0 Å². The number of hydrogen-bond donors (Lipinski definition) is 1. The van der Waals surface area contributed by atoms with Crippen LogP contribution in [-0.4, -0.2) is 29.8 Å². The maximum Gasteiger partial charge on any atom is 0.270 e. The Kier molecular flexibility index (Phi) is 4.06. The summed E-state index contributed by atoms with van der Waals surface area (Å²) in [5.41, 5.74) is 6.61. The average Bonchev–Trinajstić information content (AvgIpc) is 3.10. The van der Waals surface area contributed by atoms with Crippen molar-refractivity contribution >= 4 is 17.7 Å². The van der Waals surface area contributed by atoms with Gasteiger partial charge in [-0.3, -0.25) is 19.8 Å². The average molecular weight is 438 g/mol. The number of nitrogens with one attached hydrogen (secondary N) is 1. The van der Waals surface area contributed by atoms with Crippen LogP contribution in [-0.2, 0) is 15.0 Å². The van der Waals surface area contributed by atoms with Gasteiger partial charge in [-0.1, -0.05) is 55.5 Å². The number of nitrogens with zero attached hydrogens (tertiary/aromatic N) is 1. The summed E-state index contributed by atoms with van der Waals surface area (Å²) < 4.78 is 5.13. The smallest absolute Gasteiger partial charge is 0.270 e. The number of imide groups is 1. The highest BCUT2D eigenvalue weighted by Crippen LogP contribution is 2.63. The number of carbonyl (C=O) groups excluding carboxylic acids is 3. The van der Waals surface area contributed by atoms with Gasteiger partial charge in [-0.15, -0.1) is 0 Å². The van der Waals surface area contributed by atoms with Gasteiger partial charge in [0, 0.05) is 16.9 Å². The van der Waals surface area contributed by atoms with Crippen LogP contribution in [0, 0.1) is 11.8 Å². The van der Waals surface area contributed by atoms with Crippen LogP contribution < -0.4 is 10.2 Å². The zero-order valence-electron chi connectivity index (χ0n) is 18.2. The third-order valence-corrected chi connectivity index (χ3v) is 7.61. The third-order valence-electron chi connectivity index (χ3n) is 7.61. The summed E-state index contributed by atoms with van der Waals surface area (Å²) in [6.45, 7) is 2.05. The Morgan fingerprint density at radius 1 is 0.879 bits per heavy atom. The van der Waals surface area contributed by atoms with E-state index in [2.05, 4.69) is 36.6 Å². The lowest BCUT2D eigenvalue weighted by Gasteiger charge is -2.52. The molecule has 2 atom stereocenters. The summed E-state index contributed by atoms with van der Waals surface area (Å²) in [5.74, 6) is -1.95. The van der Waals surface area contributed by atoms with Crippen molar-refractivity contribution in [1.82, 2.24) is 10.4 Å². The minimum Gasteiger partial charge on any atom is -0.497 e. The van der Waals surface area contributed by atoms with Gasteiger partial charge in [0.15, 0.2) is 0 Å². The minimum atomic E-state index is -0.654. The molecule has 0 saturated carbocycles. The van der Waals surface area contributed by atoms with E-state index in [1.54, 1.807) is 31.4 Å². The molecule has 3 aromatic rings. The second-order valence-electron chi connectivity index (χ2n) is 9.04. The van der Waals surface area contributed by atoms with Gasteiger partial charge in [-0.05, 0) is 46.5 Å². The fraction of sp³-hybridized carbons (Fsp3) is 0.222. The standard InChI is InChI=1S/C27H22N2O4/c1-27-19-9-5-3-7-17(19)21(18-8-4-6-10-20(18)27)22-23(27)26(32)29(25(22)31)28-24(30)15-11-13-16(33-2)14-12-15/h3-14,21-23H,1-2H3,(H,28,30)/t21?,22-,23-,27?/m0/s1. The summed E-state index contributed by atoms with van der Waals surface area (Å²) in [7, 11) is 1.54. The lowest BCUT2D eigenvalue weighted by atomic mass is 9.48. The highest BCUT2D eigenvalue weighted by molar-refractivity contribution is 6.10. The first-order chi connectivity index (χ1) is 16.0. The molecule has 1 saturated heterocycles. The fourth-order valence-corrected chi connectivity index (χ4v) is 6.17. The minimum absolute atomic E-state index is 0.219. The first-order valence-electron chi connectivity index (χ1n) is 11.0. The van der Waals surface area contributed by atoms with Crippen molar-refractivity contribution in [3.05, 3.63) is 101 Å². The first-order valence-corrected chi connectivity index (χ1v) is 11.0. The molecule has 2 bridgehead atoms. The molecule has 33 heavy (non-hydrogen) atoms. The van der Waals surface area contributed by atoms with E-state index >= 15 is 0 Å². The molecule has 0 aromatic heterocycles. The summed E-state index contributed by atoms with van der Waals surface area (Å²) in [4.78, 5) is 40.2. The van der Waals surface area contributed by atoms with Gasteiger partial charge in [0.05, 0.1) is 18.9 Å². The molecule has 4 aliphatic rings. The van der Waals surface area contributed by atoms with Crippen LogP contribution in [0.1, 0.15) is 45.5 Å². The van der Waals surface area contributed by atoms with Gasteiger partial charge < -0.3 is 4.74 Å². The Morgan fingerprint density at radius 2 is 1.45 bits per heavy atom. The molecule has 1 heterocycles.